The Morgan fingerprint density at radius 2 is 1.79 bits per heavy atom. The van der Waals surface area contributed by atoms with E-state index in [2.05, 4.69) is 9.97 Å². The number of amides is 1. The number of para-hydroxylation sites is 2. The van der Waals surface area contributed by atoms with Crippen LogP contribution < -0.4 is 29.6 Å². The molecule has 0 bridgehead atoms. The van der Waals surface area contributed by atoms with Gasteiger partial charge in [0.15, 0.2) is 29.2 Å². The van der Waals surface area contributed by atoms with E-state index < -0.39 is 22.4 Å². The minimum absolute atomic E-state index is 0.0310. The SMILES string of the molecule is COc1cc2nc(N3CCN(C(=O)C4COc5ccccc5O4)CC3OS(C)(=O)=O)nc(N)c2cc1OC. The van der Waals surface area contributed by atoms with Crippen molar-refractivity contribution in [3.05, 3.63) is 36.4 Å². The maximum atomic E-state index is 13.3. The molecule has 0 aliphatic carbocycles. The third-order valence-corrected chi connectivity index (χ3v) is 6.76. The highest BCUT2D eigenvalue weighted by Crippen LogP contribution is 2.35. The van der Waals surface area contributed by atoms with Crippen molar-refractivity contribution in [3.8, 4) is 23.0 Å². The fourth-order valence-electron chi connectivity index (χ4n) is 4.40. The second-order valence-corrected chi connectivity index (χ2v) is 10.3. The molecule has 1 amide bonds. The van der Waals surface area contributed by atoms with E-state index in [1.807, 2.05) is 6.07 Å². The Morgan fingerprint density at radius 3 is 2.50 bits per heavy atom. The van der Waals surface area contributed by atoms with Crippen molar-refractivity contribution < 1.29 is 36.3 Å². The first-order valence-corrected chi connectivity index (χ1v) is 13.5. The van der Waals surface area contributed by atoms with Gasteiger partial charge < -0.3 is 34.5 Å². The van der Waals surface area contributed by atoms with Crippen molar-refractivity contribution in [3.63, 3.8) is 0 Å². The Kier molecular flexibility index (Phi) is 6.75. The number of anilines is 2. The van der Waals surface area contributed by atoms with Crippen LogP contribution in [0.25, 0.3) is 10.9 Å². The average molecular weight is 546 g/mol. The Morgan fingerprint density at radius 1 is 1.08 bits per heavy atom. The van der Waals surface area contributed by atoms with Crippen molar-refractivity contribution in [1.29, 1.82) is 0 Å². The molecule has 2 atom stereocenters. The van der Waals surface area contributed by atoms with Crippen LogP contribution in [-0.4, -0.2) is 88.2 Å². The molecule has 13 nitrogen and oxygen atoms in total. The van der Waals surface area contributed by atoms with Crippen LogP contribution in [0.1, 0.15) is 0 Å². The van der Waals surface area contributed by atoms with E-state index in [0.29, 0.717) is 33.9 Å². The highest BCUT2D eigenvalue weighted by molar-refractivity contribution is 7.86. The van der Waals surface area contributed by atoms with Crippen molar-refractivity contribution in [2.75, 3.05) is 57.4 Å². The molecule has 0 saturated carbocycles. The third kappa shape index (κ3) is 5.04. The first kappa shape index (κ1) is 25.6. The van der Waals surface area contributed by atoms with Crippen molar-refractivity contribution in [2.45, 2.75) is 12.3 Å². The van der Waals surface area contributed by atoms with Gasteiger partial charge >= 0.3 is 0 Å². The van der Waals surface area contributed by atoms with Crippen LogP contribution in [0.5, 0.6) is 23.0 Å². The zero-order valence-electron chi connectivity index (χ0n) is 21.0. The van der Waals surface area contributed by atoms with Crippen LogP contribution in [0.2, 0.25) is 0 Å². The first-order valence-electron chi connectivity index (χ1n) is 11.7. The predicted molar refractivity (Wildman–Crippen MR) is 137 cm³/mol. The van der Waals surface area contributed by atoms with Gasteiger partial charge in [0.1, 0.15) is 12.4 Å². The van der Waals surface area contributed by atoms with Gasteiger partial charge in [-0.1, -0.05) is 12.1 Å². The first-order chi connectivity index (χ1) is 18.2. The number of ether oxygens (including phenoxy) is 4. The van der Waals surface area contributed by atoms with Gasteiger partial charge in [-0.3, -0.25) is 4.79 Å². The zero-order valence-corrected chi connectivity index (χ0v) is 21.8. The van der Waals surface area contributed by atoms with E-state index in [0.717, 1.165) is 6.26 Å². The summed E-state index contributed by atoms with van der Waals surface area (Å²) in [6.45, 7) is 0.357. The van der Waals surface area contributed by atoms with Crippen LogP contribution >= 0.6 is 0 Å². The summed E-state index contributed by atoms with van der Waals surface area (Å²) in [5.41, 5.74) is 6.70. The number of hydrogen-bond donors (Lipinski definition) is 1. The number of benzene rings is 2. The predicted octanol–water partition coefficient (Wildman–Crippen LogP) is 1.02. The van der Waals surface area contributed by atoms with E-state index in [1.54, 1.807) is 35.2 Å². The van der Waals surface area contributed by atoms with E-state index in [1.165, 1.54) is 19.1 Å². The molecule has 5 rings (SSSR count). The molecule has 2 aliphatic heterocycles. The highest BCUT2D eigenvalue weighted by atomic mass is 32.2. The molecule has 14 heteroatoms. The van der Waals surface area contributed by atoms with Crippen LogP contribution in [0.3, 0.4) is 0 Å². The normalized spacial score (nSPS) is 19.3. The highest BCUT2D eigenvalue weighted by Gasteiger charge is 2.38. The summed E-state index contributed by atoms with van der Waals surface area (Å²) in [7, 11) is -0.903. The number of carbonyl (C=O) groups is 1. The Hall–Kier alpha value is -4.04. The lowest BCUT2D eigenvalue weighted by molar-refractivity contribution is -0.143. The molecule has 2 N–H and O–H groups in total. The van der Waals surface area contributed by atoms with Crippen molar-refractivity contribution in [1.82, 2.24) is 14.9 Å². The minimum Gasteiger partial charge on any atom is -0.493 e. The molecule has 0 radical (unpaired) electrons. The molecule has 1 fully saturated rings. The molecule has 2 unspecified atom stereocenters. The quantitative estimate of drug-likeness (QED) is 0.440. The summed E-state index contributed by atoms with van der Waals surface area (Å²) in [5.74, 6) is 1.89. The van der Waals surface area contributed by atoms with Crippen LogP contribution in [0.4, 0.5) is 11.8 Å². The Bertz CT molecular complexity index is 1480. The summed E-state index contributed by atoms with van der Waals surface area (Å²) in [5, 5.41) is 0.538. The molecule has 0 spiro atoms. The standard InChI is InChI=1S/C24H27N5O8S/c1-33-18-10-14-15(11-19(18)34-2)26-24(27-22(14)25)29-9-8-28(12-21(29)37-38(3,31)32)23(30)20-13-35-16-6-4-5-7-17(16)36-20/h4-7,10-11,20-21H,8-9,12-13H2,1-3H3,(H2,25,26,27). The van der Waals surface area contributed by atoms with Crippen LogP contribution in [0.15, 0.2) is 36.4 Å². The Balaban J connectivity index is 1.42. The van der Waals surface area contributed by atoms with Gasteiger partial charge in [0.25, 0.3) is 16.0 Å². The molecule has 202 valence electrons. The third-order valence-electron chi connectivity index (χ3n) is 6.19. The molecule has 3 aromatic rings. The molecule has 38 heavy (non-hydrogen) atoms. The number of piperazine rings is 1. The van der Waals surface area contributed by atoms with Gasteiger partial charge in [0, 0.05) is 24.5 Å². The lowest BCUT2D eigenvalue weighted by Crippen LogP contribution is -2.59. The smallest absolute Gasteiger partial charge is 0.267 e. The maximum absolute atomic E-state index is 13.3. The number of nitrogen functional groups attached to an aromatic ring is 1. The van der Waals surface area contributed by atoms with Gasteiger partial charge in [-0.2, -0.15) is 13.4 Å². The minimum atomic E-state index is -3.91. The molecular formula is C24H27N5O8S. The van der Waals surface area contributed by atoms with Crippen molar-refractivity contribution >= 4 is 38.7 Å². The average Bonchev–Trinajstić information content (AvgIpc) is 2.90. The number of nitrogens with two attached hydrogens (primary N) is 1. The summed E-state index contributed by atoms with van der Waals surface area (Å²) in [6, 6.07) is 10.4. The van der Waals surface area contributed by atoms with E-state index in [9.17, 15) is 13.2 Å². The summed E-state index contributed by atoms with van der Waals surface area (Å²) < 4.78 is 51.9. The fraction of sp³-hybridized carbons (Fsp3) is 0.375. The van der Waals surface area contributed by atoms with Crippen molar-refractivity contribution in [2.24, 2.45) is 0 Å². The van der Waals surface area contributed by atoms with E-state index >= 15 is 0 Å². The van der Waals surface area contributed by atoms with Gasteiger partial charge in [-0.25, -0.2) is 9.17 Å². The van der Waals surface area contributed by atoms with E-state index in [-0.39, 0.29) is 43.9 Å². The zero-order chi connectivity index (χ0) is 27.0. The van der Waals surface area contributed by atoms with Gasteiger partial charge in [-0.05, 0) is 18.2 Å². The number of fused-ring (bicyclic) bond motifs is 2. The second-order valence-electron chi connectivity index (χ2n) is 8.73. The number of carbonyl (C=O) groups excluding carboxylic acids is 1. The van der Waals surface area contributed by atoms with Gasteiger partial charge in [0.05, 0.1) is 32.5 Å². The van der Waals surface area contributed by atoms with E-state index in [4.69, 9.17) is 28.9 Å². The van der Waals surface area contributed by atoms with Crippen LogP contribution in [0, 0.1) is 0 Å². The summed E-state index contributed by atoms with van der Waals surface area (Å²) in [4.78, 5) is 25.3. The molecule has 2 aromatic carbocycles. The molecule has 1 saturated heterocycles. The monoisotopic (exact) mass is 545 g/mol. The lowest BCUT2D eigenvalue weighted by atomic mass is 10.2. The second kappa shape index (κ2) is 10.0. The number of rotatable bonds is 6. The molecule has 1 aromatic heterocycles. The number of aromatic nitrogens is 2. The van der Waals surface area contributed by atoms with Crippen LogP contribution in [-0.2, 0) is 19.1 Å². The fourth-order valence-corrected chi connectivity index (χ4v) is 4.97. The molecule has 2 aliphatic rings. The summed E-state index contributed by atoms with van der Waals surface area (Å²) >= 11 is 0. The number of hydrogen-bond acceptors (Lipinski definition) is 12. The molecular weight excluding hydrogens is 518 g/mol. The van der Waals surface area contributed by atoms with Gasteiger partial charge in [-0.15, -0.1) is 0 Å². The largest absolute Gasteiger partial charge is 0.493 e. The number of nitrogens with zero attached hydrogens (tertiary/aromatic N) is 4. The number of methoxy groups -OCH3 is 2. The maximum Gasteiger partial charge on any atom is 0.267 e. The molecule has 3 heterocycles. The topological polar surface area (TPSA) is 156 Å². The van der Waals surface area contributed by atoms with Gasteiger partial charge in [0.2, 0.25) is 12.1 Å². The summed E-state index contributed by atoms with van der Waals surface area (Å²) in [6.07, 6.45) is -1.05. The lowest BCUT2D eigenvalue weighted by Gasteiger charge is -2.41. The Labute approximate surface area is 219 Å².